The van der Waals surface area contributed by atoms with Crippen LogP contribution < -0.4 is 0 Å². The minimum atomic E-state index is -2.84. The summed E-state index contributed by atoms with van der Waals surface area (Å²) in [6.45, 7) is 0. The predicted molar refractivity (Wildman–Crippen MR) is 36.3 cm³/mol. The van der Waals surface area contributed by atoms with Crippen molar-refractivity contribution in [2.24, 2.45) is 0 Å². The van der Waals surface area contributed by atoms with Crippen molar-refractivity contribution in [3.63, 3.8) is 0 Å². The van der Waals surface area contributed by atoms with E-state index >= 15 is 0 Å². The molecule has 0 radical (unpaired) electrons. The van der Waals surface area contributed by atoms with Gasteiger partial charge in [-0.05, 0) is 0 Å². The van der Waals surface area contributed by atoms with E-state index in [1.165, 1.54) is 12.8 Å². The predicted octanol–water partition coefficient (Wildman–Crippen LogP) is 2.81. The molecular formula is C3H5Cl3Sn. The molecule has 4 heteroatoms. The summed E-state index contributed by atoms with van der Waals surface area (Å²) in [7, 11) is 17.0. The van der Waals surface area contributed by atoms with Gasteiger partial charge in [-0.2, -0.15) is 0 Å². The molecule has 0 saturated heterocycles. The van der Waals surface area contributed by atoms with Gasteiger partial charge in [-0.3, -0.25) is 0 Å². The van der Waals surface area contributed by atoms with E-state index in [0.29, 0.717) is 3.93 Å². The molecule has 0 aromatic rings. The number of hydrogen-bond donors (Lipinski definition) is 0. The molecule has 1 aliphatic carbocycles. The minimum absolute atomic E-state index is 0.555. The van der Waals surface area contributed by atoms with Gasteiger partial charge in [-0.25, -0.2) is 0 Å². The van der Waals surface area contributed by atoms with Crippen molar-refractivity contribution < 1.29 is 0 Å². The van der Waals surface area contributed by atoms with E-state index in [-0.39, 0.29) is 0 Å². The van der Waals surface area contributed by atoms with Gasteiger partial charge in [0.15, 0.2) is 0 Å². The van der Waals surface area contributed by atoms with Crippen molar-refractivity contribution in [1.82, 2.24) is 0 Å². The molecule has 0 nitrogen and oxygen atoms in total. The van der Waals surface area contributed by atoms with E-state index in [0.717, 1.165) is 0 Å². The Balaban J connectivity index is 2.36. The van der Waals surface area contributed by atoms with Gasteiger partial charge in [0.2, 0.25) is 0 Å². The maximum atomic E-state index is 5.67. The van der Waals surface area contributed by atoms with Crippen molar-refractivity contribution >= 4 is 41.8 Å². The normalized spacial score (nSPS) is 22.7. The molecule has 0 amide bonds. The summed E-state index contributed by atoms with van der Waals surface area (Å²) >= 11 is -2.84. The van der Waals surface area contributed by atoms with Gasteiger partial charge < -0.3 is 0 Å². The monoisotopic (exact) mass is 266 g/mol. The third-order valence-corrected chi connectivity index (χ3v) is 11.5. The summed E-state index contributed by atoms with van der Waals surface area (Å²) < 4.78 is 0.555. The van der Waals surface area contributed by atoms with Gasteiger partial charge in [0, 0.05) is 0 Å². The topological polar surface area (TPSA) is 0 Å². The van der Waals surface area contributed by atoms with E-state index in [1.807, 2.05) is 0 Å². The van der Waals surface area contributed by atoms with Gasteiger partial charge in [0.25, 0.3) is 0 Å². The summed E-state index contributed by atoms with van der Waals surface area (Å²) in [5.74, 6) is 0. The van der Waals surface area contributed by atoms with Crippen LogP contribution in [0.3, 0.4) is 0 Å². The van der Waals surface area contributed by atoms with Crippen LogP contribution in [-0.2, 0) is 0 Å². The molecule has 0 unspecified atom stereocenters. The first-order valence-corrected chi connectivity index (χ1v) is 14.7. The van der Waals surface area contributed by atoms with Gasteiger partial charge in [-0.1, -0.05) is 0 Å². The second-order valence-corrected chi connectivity index (χ2v) is 23.1. The fourth-order valence-corrected chi connectivity index (χ4v) is 7.15. The van der Waals surface area contributed by atoms with Gasteiger partial charge >= 0.3 is 58.5 Å². The molecule has 0 spiro atoms. The van der Waals surface area contributed by atoms with Crippen molar-refractivity contribution in [1.29, 1.82) is 0 Å². The standard InChI is InChI=1S/C3H5.3ClH.Sn/c1-2-3-1;;;;/h1H,2-3H2;3*1H;/q;;;;+3/p-3. The van der Waals surface area contributed by atoms with Gasteiger partial charge in [0.05, 0.1) is 0 Å². The molecule has 0 heterocycles. The van der Waals surface area contributed by atoms with Crippen molar-refractivity contribution in [3.05, 3.63) is 0 Å². The molecule has 0 atom stereocenters. The van der Waals surface area contributed by atoms with Crippen molar-refractivity contribution in [3.8, 4) is 0 Å². The van der Waals surface area contributed by atoms with Gasteiger partial charge in [0.1, 0.15) is 0 Å². The van der Waals surface area contributed by atoms with E-state index in [1.54, 1.807) is 0 Å². The zero-order chi connectivity index (χ0) is 5.49. The first kappa shape index (κ1) is 6.78. The summed E-state index contributed by atoms with van der Waals surface area (Å²) in [6, 6.07) is 0. The van der Waals surface area contributed by atoms with E-state index in [9.17, 15) is 0 Å². The van der Waals surface area contributed by atoms with E-state index < -0.39 is 15.0 Å². The molecule has 42 valence electrons. The Morgan fingerprint density at radius 1 is 1.14 bits per heavy atom. The van der Waals surface area contributed by atoms with Crippen molar-refractivity contribution in [2.75, 3.05) is 0 Å². The summed E-state index contributed by atoms with van der Waals surface area (Å²) in [6.07, 6.45) is 2.35. The Kier molecular flexibility index (Phi) is 2.06. The maximum absolute atomic E-state index is 5.67. The summed E-state index contributed by atoms with van der Waals surface area (Å²) in [5, 5.41) is 0. The molecule has 1 saturated carbocycles. The van der Waals surface area contributed by atoms with Crippen LogP contribution in [0.2, 0.25) is 3.93 Å². The third-order valence-electron chi connectivity index (χ3n) is 1.04. The quantitative estimate of drug-likeness (QED) is 0.640. The van der Waals surface area contributed by atoms with Crippen LogP contribution >= 0.6 is 26.8 Å². The van der Waals surface area contributed by atoms with Crippen LogP contribution in [0, 0.1) is 0 Å². The second-order valence-electron chi connectivity index (χ2n) is 1.82. The molecule has 1 fully saturated rings. The van der Waals surface area contributed by atoms with Crippen LogP contribution in [0.5, 0.6) is 0 Å². The molecule has 0 aromatic heterocycles. The molecule has 1 rings (SSSR count). The molecule has 0 aromatic carbocycles. The number of rotatable bonds is 1. The zero-order valence-corrected chi connectivity index (χ0v) is 8.75. The summed E-state index contributed by atoms with van der Waals surface area (Å²) in [4.78, 5) is 0. The van der Waals surface area contributed by atoms with E-state index in [4.69, 9.17) is 26.8 Å². The average Bonchev–Trinajstić information content (AvgIpc) is 1.99. The Labute approximate surface area is 58.1 Å². The van der Waals surface area contributed by atoms with Crippen LogP contribution in [0.1, 0.15) is 12.8 Å². The third kappa shape index (κ3) is 2.17. The summed E-state index contributed by atoms with van der Waals surface area (Å²) in [5.41, 5.74) is 0. The van der Waals surface area contributed by atoms with Crippen LogP contribution in [0.15, 0.2) is 0 Å². The van der Waals surface area contributed by atoms with Crippen LogP contribution in [0.25, 0.3) is 0 Å². The zero-order valence-electron chi connectivity index (χ0n) is 3.63. The molecule has 1 aliphatic rings. The SMILES string of the molecule is [Cl][Sn]([Cl])([Cl])[CH]1CC1. The number of hydrogen-bond acceptors (Lipinski definition) is 0. The second kappa shape index (κ2) is 2.12. The molecule has 0 N–H and O–H groups in total. The molecule has 0 aliphatic heterocycles. The van der Waals surface area contributed by atoms with Crippen molar-refractivity contribution in [2.45, 2.75) is 16.8 Å². The van der Waals surface area contributed by atoms with E-state index in [2.05, 4.69) is 0 Å². The van der Waals surface area contributed by atoms with Crippen LogP contribution in [0.4, 0.5) is 0 Å². The first-order chi connectivity index (χ1) is 3.11. The Morgan fingerprint density at radius 3 is 1.57 bits per heavy atom. The fourth-order valence-electron chi connectivity index (χ4n) is 0.411. The fraction of sp³-hybridized carbons (Fsp3) is 1.00. The molecular weight excluding hydrogens is 261 g/mol. The Hall–Kier alpha value is 1.67. The first-order valence-electron chi connectivity index (χ1n) is 2.17. The average molecular weight is 266 g/mol. The van der Waals surface area contributed by atoms with Crippen LogP contribution in [-0.4, -0.2) is 15.0 Å². The Bertz CT molecular complexity index is 72.7. The molecule has 0 bridgehead atoms. The number of halogens is 3. The van der Waals surface area contributed by atoms with Gasteiger partial charge in [-0.15, -0.1) is 0 Å². The molecule has 7 heavy (non-hydrogen) atoms. The Morgan fingerprint density at radius 2 is 1.57 bits per heavy atom.